The Kier molecular flexibility index (Phi) is 4.84. The first-order valence-corrected chi connectivity index (χ1v) is 10.5. The fourth-order valence-corrected chi connectivity index (χ4v) is 4.57. The zero-order valence-electron chi connectivity index (χ0n) is 14.6. The van der Waals surface area contributed by atoms with E-state index in [4.69, 9.17) is 4.42 Å². The van der Waals surface area contributed by atoms with Crippen molar-refractivity contribution >= 4 is 27.1 Å². The molecular weight excluding hydrogens is 369 g/mol. The molecule has 1 fully saturated rings. The lowest BCUT2D eigenvalue weighted by atomic mass is 10.2. The molecule has 0 radical (unpaired) electrons. The predicted molar refractivity (Wildman–Crippen MR) is 101 cm³/mol. The van der Waals surface area contributed by atoms with Gasteiger partial charge in [0.25, 0.3) is 6.01 Å². The van der Waals surface area contributed by atoms with Crippen LogP contribution in [-0.2, 0) is 15.8 Å². The largest absolute Gasteiger partial charge is 0.423 e. The van der Waals surface area contributed by atoms with Crippen LogP contribution in [0.5, 0.6) is 0 Å². The number of hydrogen-bond acceptors (Lipinski definition) is 5. The van der Waals surface area contributed by atoms with Crippen LogP contribution in [-0.4, -0.2) is 32.5 Å². The summed E-state index contributed by atoms with van der Waals surface area (Å²) in [4.78, 5) is 6.51. The minimum atomic E-state index is -3.56. The highest BCUT2D eigenvalue weighted by Crippen LogP contribution is 2.28. The van der Waals surface area contributed by atoms with Gasteiger partial charge in [-0.05, 0) is 42.7 Å². The summed E-state index contributed by atoms with van der Waals surface area (Å²) in [6, 6.07) is 13.7. The normalized spacial score (nSPS) is 17.7. The van der Waals surface area contributed by atoms with Crippen molar-refractivity contribution < 1.29 is 17.2 Å². The Balaban J connectivity index is 1.43. The van der Waals surface area contributed by atoms with Crippen molar-refractivity contribution in [2.45, 2.75) is 24.6 Å². The maximum Gasteiger partial charge on any atom is 0.298 e. The molecule has 6 nitrogen and oxygen atoms in total. The number of nitrogens with one attached hydrogen (secondary N) is 1. The van der Waals surface area contributed by atoms with Crippen molar-refractivity contribution in [2.75, 3.05) is 18.0 Å². The number of anilines is 1. The Labute approximate surface area is 157 Å². The molecule has 1 aromatic heterocycles. The molecule has 0 bridgehead atoms. The number of para-hydroxylation sites is 2. The Bertz CT molecular complexity index is 1020. The second-order valence-electron chi connectivity index (χ2n) is 6.69. The molecule has 1 aliphatic rings. The number of benzene rings is 2. The van der Waals surface area contributed by atoms with Gasteiger partial charge in [0.15, 0.2) is 5.58 Å². The molecule has 8 heteroatoms. The molecule has 4 rings (SSSR count). The zero-order valence-corrected chi connectivity index (χ0v) is 15.5. The van der Waals surface area contributed by atoms with E-state index < -0.39 is 15.8 Å². The maximum atomic E-state index is 13.3. The van der Waals surface area contributed by atoms with Crippen molar-refractivity contribution in [3.05, 3.63) is 59.9 Å². The van der Waals surface area contributed by atoms with Crippen molar-refractivity contribution in [1.29, 1.82) is 0 Å². The molecule has 1 aliphatic heterocycles. The third-order valence-corrected chi connectivity index (χ3v) is 6.01. The van der Waals surface area contributed by atoms with Gasteiger partial charge in [0.1, 0.15) is 11.3 Å². The first-order chi connectivity index (χ1) is 13.0. The molecule has 2 heterocycles. The van der Waals surface area contributed by atoms with Crippen LogP contribution in [0, 0.1) is 5.82 Å². The third kappa shape index (κ3) is 4.12. The number of hydrogen-bond donors (Lipinski definition) is 1. The number of nitrogens with zero attached hydrogens (tertiary/aromatic N) is 2. The second-order valence-corrected chi connectivity index (χ2v) is 8.50. The first-order valence-electron chi connectivity index (χ1n) is 8.84. The molecule has 2 aromatic carbocycles. The highest BCUT2D eigenvalue weighted by molar-refractivity contribution is 7.88. The zero-order chi connectivity index (χ0) is 18.9. The average molecular weight is 389 g/mol. The topological polar surface area (TPSA) is 75.4 Å². The number of halogens is 1. The number of sulfonamides is 1. The molecular formula is C19H20FN3O3S. The highest BCUT2D eigenvalue weighted by atomic mass is 32.2. The van der Waals surface area contributed by atoms with Gasteiger partial charge in [-0.2, -0.15) is 4.98 Å². The van der Waals surface area contributed by atoms with Crippen molar-refractivity contribution in [3.63, 3.8) is 0 Å². The summed E-state index contributed by atoms with van der Waals surface area (Å²) in [5.41, 5.74) is 1.92. The van der Waals surface area contributed by atoms with Crippen LogP contribution in [0.15, 0.2) is 52.9 Å². The fourth-order valence-electron chi connectivity index (χ4n) is 3.40. The molecule has 3 aromatic rings. The lowest BCUT2D eigenvalue weighted by molar-refractivity contribution is 0.533. The van der Waals surface area contributed by atoms with Gasteiger partial charge in [-0.1, -0.05) is 24.3 Å². The maximum absolute atomic E-state index is 13.3. The van der Waals surface area contributed by atoms with E-state index in [1.54, 1.807) is 6.07 Å². The number of aromatic nitrogens is 1. The Morgan fingerprint density at radius 3 is 2.89 bits per heavy atom. The molecule has 1 unspecified atom stereocenters. The summed E-state index contributed by atoms with van der Waals surface area (Å²) >= 11 is 0. The van der Waals surface area contributed by atoms with Gasteiger partial charge in [0.2, 0.25) is 10.0 Å². The summed E-state index contributed by atoms with van der Waals surface area (Å²) < 4.78 is 46.4. The van der Waals surface area contributed by atoms with E-state index in [1.165, 1.54) is 18.2 Å². The van der Waals surface area contributed by atoms with E-state index in [0.717, 1.165) is 24.9 Å². The smallest absolute Gasteiger partial charge is 0.298 e. The number of oxazole rings is 1. The molecule has 1 saturated heterocycles. The van der Waals surface area contributed by atoms with E-state index in [1.807, 2.05) is 29.2 Å². The average Bonchev–Trinajstić information content (AvgIpc) is 3.26. The van der Waals surface area contributed by atoms with E-state index in [9.17, 15) is 12.8 Å². The van der Waals surface area contributed by atoms with Gasteiger partial charge in [-0.25, -0.2) is 17.5 Å². The van der Waals surface area contributed by atoms with E-state index >= 15 is 0 Å². The molecule has 0 amide bonds. The van der Waals surface area contributed by atoms with Gasteiger partial charge in [-0.15, -0.1) is 0 Å². The lowest BCUT2D eigenvalue weighted by Gasteiger charge is -2.23. The molecule has 0 spiro atoms. The minimum absolute atomic E-state index is 0.0275. The monoisotopic (exact) mass is 389 g/mol. The highest BCUT2D eigenvalue weighted by Gasteiger charge is 2.29. The minimum Gasteiger partial charge on any atom is -0.423 e. The van der Waals surface area contributed by atoms with E-state index in [0.29, 0.717) is 17.2 Å². The van der Waals surface area contributed by atoms with Gasteiger partial charge < -0.3 is 9.32 Å². The Morgan fingerprint density at radius 1 is 1.22 bits per heavy atom. The lowest BCUT2D eigenvalue weighted by Crippen LogP contribution is -2.40. The van der Waals surface area contributed by atoms with Gasteiger partial charge in [0.05, 0.1) is 5.75 Å². The summed E-state index contributed by atoms with van der Waals surface area (Å²) in [5.74, 6) is -0.693. The Morgan fingerprint density at radius 2 is 2.07 bits per heavy atom. The molecule has 1 atom stereocenters. The van der Waals surface area contributed by atoms with E-state index in [2.05, 4.69) is 9.71 Å². The van der Waals surface area contributed by atoms with Crippen LogP contribution in [0.3, 0.4) is 0 Å². The quantitative estimate of drug-likeness (QED) is 0.701. The molecule has 0 saturated carbocycles. The van der Waals surface area contributed by atoms with Gasteiger partial charge in [-0.3, -0.25) is 0 Å². The standard InChI is InChI=1S/C19H20FN3O3S/c20-15-6-3-5-14(11-15)13-27(24,25)21-12-16-7-4-10-23(16)19-22-17-8-1-2-9-18(17)26-19/h1-3,5-6,8-9,11,16,21H,4,7,10,12-13H2. The summed E-state index contributed by atoms with van der Waals surface area (Å²) in [7, 11) is -3.56. The fraction of sp³-hybridized carbons (Fsp3) is 0.316. The molecule has 142 valence electrons. The van der Waals surface area contributed by atoms with Crippen LogP contribution in [0.2, 0.25) is 0 Å². The van der Waals surface area contributed by atoms with E-state index in [-0.39, 0.29) is 18.3 Å². The SMILES string of the molecule is O=S(=O)(Cc1cccc(F)c1)NCC1CCCN1c1nc2ccccc2o1. The molecule has 1 N–H and O–H groups in total. The Hall–Kier alpha value is -2.45. The number of rotatable bonds is 6. The van der Waals surface area contributed by atoms with Crippen LogP contribution >= 0.6 is 0 Å². The van der Waals surface area contributed by atoms with Crippen LogP contribution in [0.1, 0.15) is 18.4 Å². The second kappa shape index (κ2) is 7.28. The van der Waals surface area contributed by atoms with Crippen molar-refractivity contribution in [2.24, 2.45) is 0 Å². The first kappa shape index (κ1) is 17.9. The van der Waals surface area contributed by atoms with Crippen LogP contribution in [0.4, 0.5) is 10.4 Å². The summed E-state index contributed by atoms with van der Waals surface area (Å²) in [6.45, 7) is 1.03. The summed E-state index contributed by atoms with van der Waals surface area (Å²) in [5, 5.41) is 0. The van der Waals surface area contributed by atoms with Gasteiger partial charge in [0, 0.05) is 19.1 Å². The molecule has 0 aliphatic carbocycles. The van der Waals surface area contributed by atoms with Crippen LogP contribution in [0.25, 0.3) is 11.1 Å². The predicted octanol–water partition coefficient (Wildman–Crippen LogP) is 3.06. The third-order valence-electron chi connectivity index (χ3n) is 4.69. The number of fused-ring (bicyclic) bond motifs is 1. The summed E-state index contributed by atoms with van der Waals surface area (Å²) in [6.07, 6.45) is 1.79. The van der Waals surface area contributed by atoms with Crippen LogP contribution < -0.4 is 9.62 Å². The molecule has 27 heavy (non-hydrogen) atoms. The van der Waals surface area contributed by atoms with Crippen molar-refractivity contribution in [1.82, 2.24) is 9.71 Å². The van der Waals surface area contributed by atoms with Gasteiger partial charge >= 0.3 is 0 Å². The van der Waals surface area contributed by atoms with Crippen molar-refractivity contribution in [3.8, 4) is 0 Å².